The number of rotatable bonds is 9. The summed E-state index contributed by atoms with van der Waals surface area (Å²) in [5.74, 6) is 1.13. The number of carbonyl (C=O) groups excluding carboxylic acids is 1. The predicted octanol–water partition coefficient (Wildman–Crippen LogP) is 8.52. The van der Waals surface area contributed by atoms with Gasteiger partial charge in [0, 0.05) is 24.8 Å². The van der Waals surface area contributed by atoms with Gasteiger partial charge in [0.15, 0.2) is 0 Å². The van der Waals surface area contributed by atoms with Crippen LogP contribution in [0.2, 0.25) is 5.02 Å². The van der Waals surface area contributed by atoms with Gasteiger partial charge in [0.1, 0.15) is 11.5 Å². The Morgan fingerprint density at radius 1 is 1.08 bits per heavy atom. The van der Waals surface area contributed by atoms with Crippen molar-refractivity contribution in [2.45, 2.75) is 60.8 Å². The minimum absolute atomic E-state index is 0.0714. The summed E-state index contributed by atoms with van der Waals surface area (Å²) >= 11 is 6.36. The molecule has 2 rings (SSSR count). The predicted molar refractivity (Wildman–Crippen MR) is 156 cm³/mol. The van der Waals surface area contributed by atoms with Crippen molar-refractivity contribution in [1.29, 1.82) is 0 Å². The number of carbonyl (C=O) groups is 2. The first-order chi connectivity index (χ1) is 17.7. The van der Waals surface area contributed by atoms with E-state index in [-0.39, 0.29) is 12.4 Å². The van der Waals surface area contributed by atoms with Crippen LogP contribution in [0.1, 0.15) is 69.9 Å². The first-order valence-electron chi connectivity index (χ1n) is 12.3. The lowest BCUT2D eigenvalue weighted by Crippen LogP contribution is -2.32. The van der Waals surface area contributed by atoms with E-state index in [1.54, 1.807) is 29.3 Å². The van der Waals surface area contributed by atoms with Gasteiger partial charge in [-0.2, -0.15) is 0 Å². The number of carboxylic acid groups (broad SMARTS) is 1. The first kappa shape index (κ1) is 35.8. The maximum atomic E-state index is 12.8. The van der Waals surface area contributed by atoms with E-state index in [0.717, 1.165) is 12.1 Å². The standard InChI is InChI=1S/C21H25ClN2O2.C6H12.C2H4.CH2O2/c1-5-11-24(12-10-15(2)3)21(25)19-9-8-17(13-20(19)22)26-18-7-6-16(4)23-14-18;1-3-5-6-4-2;1-2;2-1-3/h6-10,13-14H,5,11-12H2,1-4H3;5-6H,3-4H2,1-2H3;1-2H2;1H,(H,2,3)/b;6-5-;;. The highest BCUT2D eigenvalue weighted by atomic mass is 35.5. The van der Waals surface area contributed by atoms with Gasteiger partial charge in [-0.25, -0.2) is 0 Å². The van der Waals surface area contributed by atoms with Gasteiger partial charge >= 0.3 is 0 Å². The lowest BCUT2D eigenvalue weighted by Gasteiger charge is -2.21. The molecule has 0 unspecified atom stereocenters. The van der Waals surface area contributed by atoms with Crippen LogP contribution in [0.4, 0.5) is 0 Å². The normalized spacial score (nSPS) is 9.38. The van der Waals surface area contributed by atoms with E-state index in [1.165, 1.54) is 18.4 Å². The van der Waals surface area contributed by atoms with Crippen LogP contribution in [0.3, 0.4) is 0 Å². The van der Waals surface area contributed by atoms with Crippen molar-refractivity contribution in [1.82, 2.24) is 9.88 Å². The third-order valence-corrected chi connectivity index (χ3v) is 4.74. The van der Waals surface area contributed by atoms with Crippen LogP contribution < -0.4 is 4.74 Å². The van der Waals surface area contributed by atoms with Gasteiger partial charge in [0.2, 0.25) is 0 Å². The van der Waals surface area contributed by atoms with E-state index in [0.29, 0.717) is 35.2 Å². The molecule has 1 heterocycles. The average Bonchev–Trinajstić information content (AvgIpc) is 2.88. The average molecular weight is 531 g/mol. The number of ether oxygens (including phenoxy) is 1. The largest absolute Gasteiger partial charge is 0.483 e. The van der Waals surface area contributed by atoms with Gasteiger partial charge < -0.3 is 14.7 Å². The van der Waals surface area contributed by atoms with Crippen LogP contribution in [-0.2, 0) is 4.79 Å². The number of amides is 1. The summed E-state index contributed by atoms with van der Waals surface area (Å²) in [4.78, 5) is 27.2. The number of hydrogen-bond donors (Lipinski definition) is 1. The molecule has 0 bridgehead atoms. The highest BCUT2D eigenvalue weighted by Crippen LogP contribution is 2.27. The molecular formula is C30H43ClN2O4. The van der Waals surface area contributed by atoms with Crippen molar-refractivity contribution in [3.63, 3.8) is 0 Å². The van der Waals surface area contributed by atoms with E-state index < -0.39 is 0 Å². The Hall–Kier alpha value is -3.38. The molecule has 2 aromatic rings. The third kappa shape index (κ3) is 16.8. The molecule has 0 atom stereocenters. The molecular weight excluding hydrogens is 488 g/mol. The van der Waals surface area contributed by atoms with Crippen molar-refractivity contribution in [2.75, 3.05) is 13.1 Å². The molecule has 1 N–H and O–H groups in total. The van der Waals surface area contributed by atoms with Gasteiger partial charge in [-0.15, -0.1) is 13.2 Å². The fraction of sp³-hybridized carbons (Fsp3) is 0.367. The van der Waals surface area contributed by atoms with Crippen LogP contribution in [0.5, 0.6) is 11.5 Å². The Balaban J connectivity index is 0. The van der Waals surface area contributed by atoms with Crippen molar-refractivity contribution in [3.8, 4) is 11.5 Å². The number of allylic oxidation sites excluding steroid dienone is 3. The van der Waals surface area contributed by atoms with Gasteiger partial charge in [-0.05, 0) is 64.3 Å². The van der Waals surface area contributed by atoms with Gasteiger partial charge in [-0.3, -0.25) is 14.6 Å². The summed E-state index contributed by atoms with van der Waals surface area (Å²) in [6.45, 7) is 19.3. The molecule has 0 aliphatic heterocycles. The quantitative estimate of drug-likeness (QED) is 0.259. The molecule has 7 heteroatoms. The molecule has 0 aliphatic rings. The van der Waals surface area contributed by atoms with Gasteiger partial charge in [-0.1, -0.05) is 56.2 Å². The Bertz CT molecular complexity index is 947. The minimum Gasteiger partial charge on any atom is -0.483 e. The minimum atomic E-state index is -0.250. The molecule has 37 heavy (non-hydrogen) atoms. The third-order valence-electron chi connectivity index (χ3n) is 4.43. The number of hydrogen-bond acceptors (Lipinski definition) is 4. The number of aromatic nitrogens is 1. The maximum Gasteiger partial charge on any atom is 0.290 e. The van der Waals surface area contributed by atoms with Crippen LogP contribution in [0, 0.1) is 6.92 Å². The molecule has 0 aliphatic carbocycles. The molecule has 0 spiro atoms. The van der Waals surface area contributed by atoms with E-state index >= 15 is 0 Å². The molecule has 0 fully saturated rings. The lowest BCUT2D eigenvalue weighted by atomic mass is 10.1. The molecule has 6 nitrogen and oxygen atoms in total. The highest BCUT2D eigenvalue weighted by molar-refractivity contribution is 6.34. The number of pyridine rings is 1. The zero-order chi connectivity index (χ0) is 28.6. The van der Waals surface area contributed by atoms with E-state index in [4.69, 9.17) is 26.2 Å². The summed E-state index contributed by atoms with van der Waals surface area (Å²) in [5.41, 5.74) is 2.58. The van der Waals surface area contributed by atoms with Crippen molar-refractivity contribution in [2.24, 2.45) is 0 Å². The fourth-order valence-corrected chi connectivity index (χ4v) is 2.98. The molecule has 1 amide bonds. The Morgan fingerprint density at radius 2 is 1.65 bits per heavy atom. The monoisotopic (exact) mass is 530 g/mol. The summed E-state index contributed by atoms with van der Waals surface area (Å²) in [6, 6.07) is 8.86. The number of halogens is 1. The molecule has 0 saturated heterocycles. The maximum absolute atomic E-state index is 12.8. The van der Waals surface area contributed by atoms with Crippen LogP contribution in [0.25, 0.3) is 0 Å². The van der Waals surface area contributed by atoms with Crippen molar-refractivity contribution in [3.05, 3.63) is 89.8 Å². The first-order valence-corrected chi connectivity index (χ1v) is 12.7. The van der Waals surface area contributed by atoms with Gasteiger partial charge in [0.05, 0.1) is 16.8 Å². The second-order valence-electron chi connectivity index (χ2n) is 7.80. The fourth-order valence-electron chi connectivity index (χ4n) is 2.73. The second kappa shape index (κ2) is 23.0. The van der Waals surface area contributed by atoms with E-state index in [1.807, 2.05) is 39.0 Å². The lowest BCUT2D eigenvalue weighted by molar-refractivity contribution is -0.122. The van der Waals surface area contributed by atoms with Crippen LogP contribution in [-0.4, -0.2) is 40.5 Å². The summed E-state index contributed by atoms with van der Waals surface area (Å²) < 4.78 is 5.75. The summed E-state index contributed by atoms with van der Waals surface area (Å²) in [6.07, 6.45) is 11.3. The van der Waals surface area contributed by atoms with Crippen LogP contribution in [0.15, 0.2) is 73.5 Å². The summed E-state index contributed by atoms with van der Waals surface area (Å²) in [7, 11) is 0. The molecule has 1 aromatic carbocycles. The SMILES string of the molecule is C=C.CC/C=C\CC.CCCN(CC=C(C)C)C(=O)c1ccc(Oc2ccc(C)nc2)cc1Cl.O=CO. The topological polar surface area (TPSA) is 79.7 Å². The van der Waals surface area contributed by atoms with Gasteiger partial charge in [0.25, 0.3) is 12.4 Å². The van der Waals surface area contributed by atoms with Crippen molar-refractivity contribution < 1.29 is 19.4 Å². The Labute approximate surface area is 228 Å². The molecule has 1 aromatic heterocycles. The number of nitrogens with zero attached hydrogens (tertiary/aromatic N) is 2. The van der Waals surface area contributed by atoms with E-state index in [9.17, 15) is 4.79 Å². The zero-order valence-electron chi connectivity index (χ0n) is 23.2. The molecule has 204 valence electrons. The number of aryl methyl sites for hydroxylation is 1. The molecule has 0 radical (unpaired) electrons. The van der Waals surface area contributed by atoms with Crippen LogP contribution >= 0.6 is 11.6 Å². The smallest absolute Gasteiger partial charge is 0.290 e. The number of benzene rings is 1. The van der Waals surface area contributed by atoms with Crippen molar-refractivity contribution >= 4 is 24.0 Å². The Kier molecular flexibility index (Phi) is 22.3. The van der Waals surface area contributed by atoms with E-state index in [2.05, 4.69) is 51.1 Å². The molecule has 0 saturated carbocycles. The zero-order valence-corrected chi connectivity index (χ0v) is 23.9. The highest BCUT2D eigenvalue weighted by Gasteiger charge is 2.17. The Morgan fingerprint density at radius 3 is 2.08 bits per heavy atom. The summed E-state index contributed by atoms with van der Waals surface area (Å²) in [5, 5.41) is 7.27. The second-order valence-corrected chi connectivity index (χ2v) is 8.21.